The van der Waals surface area contributed by atoms with Crippen molar-refractivity contribution in [1.29, 1.82) is 0 Å². The quantitative estimate of drug-likeness (QED) is 0.720. The standard InChI is InChI=1S/C8H12BrN3O/c1-4(13)7(10)6-2-5(9)3-12-8(6)11/h2-4,7,13H,10H2,1H3,(H2,11,12)/t4-,7-/m1/s1. The van der Waals surface area contributed by atoms with Gasteiger partial charge in [-0.2, -0.15) is 0 Å². The van der Waals surface area contributed by atoms with Crippen molar-refractivity contribution in [2.45, 2.75) is 19.1 Å². The molecule has 4 nitrogen and oxygen atoms in total. The van der Waals surface area contributed by atoms with E-state index in [0.29, 0.717) is 11.4 Å². The van der Waals surface area contributed by atoms with Crippen LogP contribution in [0.15, 0.2) is 16.7 Å². The van der Waals surface area contributed by atoms with Crippen molar-refractivity contribution in [2.24, 2.45) is 5.73 Å². The molecule has 0 amide bonds. The number of nitrogens with zero attached hydrogens (tertiary/aromatic N) is 1. The van der Waals surface area contributed by atoms with Crippen LogP contribution < -0.4 is 11.5 Å². The molecule has 0 aliphatic rings. The Balaban J connectivity index is 3.05. The first-order valence-electron chi connectivity index (χ1n) is 3.87. The molecule has 0 aliphatic carbocycles. The van der Waals surface area contributed by atoms with Crippen LogP contribution in [0.25, 0.3) is 0 Å². The molecule has 0 radical (unpaired) electrons. The van der Waals surface area contributed by atoms with Crippen molar-refractivity contribution in [3.63, 3.8) is 0 Å². The van der Waals surface area contributed by atoms with E-state index in [0.717, 1.165) is 4.47 Å². The summed E-state index contributed by atoms with van der Waals surface area (Å²) in [5, 5.41) is 9.27. The summed E-state index contributed by atoms with van der Waals surface area (Å²) in [6.07, 6.45) is 0.950. The van der Waals surface area contributed by atoms with Gasteiger partial charge in [-0.05, 0) is 28.9 Å². The third-order valence-corrected chi connectivity index (χ3v) is 2.23. The van der Waals surface area contributed by atoms with Gasteiger partial charge < -0.3 is 16.6 Å². The lowest BCUT2D eigenvalue weighted by Crippen LogP contribution is -2.24. The maximum atomic E-state index is 9.27. The highest BCUT2D eigenvalue weighted by Crippen LogP contribution is 2.22. The van der Waals surface area contributed by atoms with Crippen molar-refractivity contribution in [3.05, 3.63) is 22.3 Å². The topological polar surface area (TPSA) is 85.2 Å². The van der Waals surface area contributed by atoms with Crippen LogP contribution in [-0.2, 0) is 0 Å². The molecule has 72 valence electrons. The highest BCUT2D eigenvalue weighted by atomic mass is 79.9. The number of rotatable bonds is 2. The number of aliphatic hydroxyl groups excluding tert-OH is 1. The van der Waals surface area contributed by atoms with Crippen molar-refractivity contribution in [2.75, 3.05) is 5.73 Å². The Morgan fingerprint density at radius 2 is 2.23 bits per heavy atom. The minimum absolute atomic E-state index is 0.358. The van der Waals surface area contributed by atoms with Crippen molar-refractivity contribution < 1.29 is 5.11 Å². The zero-order chi connectivity index (χ0) is 10.0. The second-order valence-electron chi connectivity index (χ2n) is 2.89. The van der Waals surface area contributed by atoms with Gasteiger partial charge in [0.2, 0.25) is 0 Å². The molecule has 1 aromatic heterocycles. The van der Waals surface area contributed by atoms with Crippen LogP contribution >= 0.6 is 15.9 Å². The molecule has 0 unspecified atom stereocenters. The first kappa shape index (κ1) is 10.4. The van der Waals surface area contributed by atoms with Gasteiger partial charge in [-0.3, -0.25) is 0 Å². The molecule has 0 aliphatic heterocycles. The molecule has 0 bridgehead atoms. The molecule has 0 spiro atoms. The van der Waals surface area contributed by atoms with Crippen molar-refractivity contribution in [1.82, 2.24) is 4.98 Å². The highest BCUT2D eigenvalue weighted by Gasteiger charge is 2.15. The molecule has 5 N–H and O–H groups in total. The van der Waals surface area contributed by atoms with Crippen LogP contribution in [0, 0.1) is 0 Å². The van der Waals surface area contributed by atoms with Gasteiger partial charge >= 0.3 is 0 Å². The summed E-state index contributed by atoms with van der Waals surface area (Å²) in [6, 6.07) is 1.27. The van der Waals surface area contributed by atoms with Crippen LogP contribution in [0.2, 0.25) is 0 Å². The second-order valence-corrected chi connectivity index (χ2v) is 3.81. The van der Waals surface area contributed by atoms with E-state index < -0.39 is 12.1 Å². The summed E-state index contributed by atoms with van der Waals surface area (Å²) >= 11 is 3.26. The van der Waals surface area contributed by atoms with Gasteiger partial charge in [-0.1, -0.05) is 0 Å². The van der Waals surface area contributed by atoms with Gasteiger partial charge in [0.15, 0.2) is 0 Å². The summed E-state index contributed by atoms with van der Waals surface area (Å²) in [4.78, 5) is 3.92. The second kappa shape index (κ2) is 4.04. The Labute approximate surface area is 85.1 Å². The fourth-order valence-corrected chi connectivity index (χ4v) is 1.34. The minimum Gasteiger partial charge on any atom is -0.391 e. The van der Waals surface area contributed by atoms with E-state index in [-0.39, 0.29) is 0 Å². The average molecular weight is 246 g/mol. The van der Waals surface area contributed by atoms with Gasteiger partial charge in [0.05, 0.1) is 12.1 Å². The van der Waals surface area contributed by atoms with Crippen LogP contribution in [0.4, 0.5) is 5.82 Å². The molecule has 13 heavy (non-hydrogen) atoms. The number of aliphatic hydroxyl groups is 1. The number of nitrogen functional groups attached to an aromatic ring is 1. The third kappa shape index (κ3) is 2.40. The number of aromatic nitrogens is 1. The van der Waals surface area contributed by atoms with E-state index in [1.54, 1.807) is 19.2 Å². The summed E-state index contributed by atoms with van der Waals surface area (Å²) in [5.74, 6) is 0.358. The maximum Gasteiger partial charge on any atom is 0.128 e. The van der Waals surface area contributed by atoms with Gasteiger partial charge in [-0.25, -0.2) is 4.98 Å². The molecule has 0 aromatic carbocycles. The Kier molecular flexibility index (Phi) is 3.24. The van der Waals surface area contributed by atoms with Crippen LogP contribution in [0.5, 0.6) is 0 Å². The molecule has 1 aromatic rings. The zero-order valence-corrected chi connectivity index (χ0v) is 8.82. The molecule has 2 atom stereocenters. The number of nitrogens with two attached hydrogens (primary N) is 2. The van der Waals surface area contributed by atoms with E-state index >= 15 is 0 Å². The lowest BCUT2D eigenvalue weighted by molar-refractivity contribution is 0.164. The zero-order valence-electron chi connectivity index (χ0n) is 7.24. The molecule has 1 rings (SSSR count). The minimum atomic E-state index is -0.640. The normalized spacial score (nSPS) is 15.4. The maximum absolute atomic E-state index is 9.27. The average Bonchev–Trinajstić information content (AvgIpc) is 2.08. The Bertz CT molecular complexity index is 303. The fourth-order valence-electron chi connectivity index (χ4n) is 0.992. The first-order chi connectivity index (χ1) is 6.02. The number of pyridine rings is 1. The largest absolute Gasteiger partial charge is 0.391 e. The number of halogens is 1. The SMILES string of the molecule is C[C@@H](O)[C@@H](N)c1cc(Br)cnc1N. The smallest absolute Gasteiger partial charge is 0.128 e. The van der Waals surface area contributed by atoms with Gasteiger partial charge in [0.1, 0.15) is 5.82 Å². The lowest BCUT2D eigenvalue weighted by Gasteiger charge is -2.16. The number of hydrogen-bond acceptors (Lipinski definition) is 4. The molecule has 5 heteroatoms. The molecule has 1 heterocycles. The third-order valence-electron chi connectivity index (χ3n) is 1.79. The van der Waals surface area contributed by atoms with E-state index in [9.17, 15) is 5.11 Å². The molecular formula is C8H12BrN3O. The summed E-state index contributed by atoms with van der Waals surface area (Å²) in [7, 11) is 0. The molecule has 0 saturated heterocycles. The first-order valence-corrected chi connectivity index (χ1v) is 4.66. The van der Waals surface area contributed by atoms with E-state index in [2.05, 4.69) is 20.9 Å². The Morgan fingerprint density at radius 3 is 2.77 bits per heavy atom. The summed E-state index contributed by atoms with van der Waals surface area (Å²) in [5.41, 5.74) is 12.0. The van der Waals surface area contributed by atoms with Crippen molar-refractivity contribution >= 4 is 21.7 Å². The van der Waals surface area contributed by atoms with E-state index in [4.69, 9.17) is 11.5 Å². The van der Waals surface area contributed by atoms with Crippen LogP contribution in [-0.4, -0.2) is 16.2 Å². The van der Waals surface area contributed by atoms with Gasteiger partial charge in [0, 0.05) is 16.2 Å². The Morgan fingerprint density at radius 1 is 1.62 bits per heavy atom. The molecule has 0 saturated carbocycles. The van der Waals surface area contributed by atoms with E-state index in [1.807, 2.05) is 0 Å². The summed E-state index contributed by atoms with van der Waals surface area (Å²) in [6.45, 7) is 1.62. The predicted molar refractivity (Wildman–Crippen MR) is 55.0 cm³/mol. The number of anilines is 1. The van der Waals surface area contributed by atoms with E-state index in [1.165, 1.54) is 0 Å². The van der Waals surface area contributed by atoms with Crippen molar-refractivity contribution in [3.8, 4) is 0 Å². The fraction of sp³-hybridized carbons (Fsp3) is 0.375. The Hall–Kier alpha value is -0.650. The molecular weight excluding hydrogens is 234 g/mol. The monoisotopic (exact) mass is 245 g/mol. The summed E-state index contributed by atoms with van der Waals surface area (Å²) < 4.78 is 0.799. The number of hydrogen-bond donors (Lipinski definition) is 3. The highest BCUT2D eigenvalue weighted by molar-refractivity contribution is 9.10. The lowest BCUT2D eigenvalue weighted by atomic mass is 10.0. The van der Waals surface area contributed by atoms with Crippen LogP contribution in [0.3, 0.4) is 0 Å². The predicted octanol–water partition coefficient (Wildman–Crippen LogP) is 0.807. The molecule has 0 fully saturated rings. The van der Waals surface area contributed by atoms with Gasteiger partial charge in [-0.15, -0.1) is 0 Å². The van der Waals surface area contributed by atoms with Gasteiger partial charge in [0.25, 0.3) is 0 Å². The van der Waals surface area contributed by atoms with Crippen LogP contribution in [0.1, 0.15) is 18.5 Å².